The topological polar surface area (TPSA) is 54.5 Å². The van der Waals surface area contributed by atoms with E-state index in [1.807, 2.05) is 12.1 Å². The fourth-order valence-corrected chi connectivity index (χ4v) is 3.14. The lowest BCUT2D eigenvalue weighted by atomic mass is 9.96. The first-order chi connectivity index (χ1) is 12.6. The lowest BCUT2D eigenvalue weighted by Gasteiger charge is -2.31. The molecule has 2 heterocycles. The maximum absolute atomic E-state index is 12.4. The van der Waals surface area contributed by atoms with Crippen molar-refractivity contribution in [2.24, 2.45) is 5.92 Å². The normalized spacial score (nSPS) is 15.6. The number of nitrogens with zero attached hydrogens (tertiary/aromatic N) is 2. The molecule has 2 aromatic rings. The Morgan fingerprint density at radius 1 is 1.23 bits per heavy atom. The van der Waals surface area contributed by atoms with Crippen molar-refractivity contribution < 1.29 is 9.53 Å². The summed E-state index contributed by atoms with van der Waals surface area (Å²) in [5.41, 5.74) is 1.23. The second-order valence-corrected chi connectivity index (χ2v) is 7.06. The first-order valence-electron chi connectivity index (χ1n) is 8.94. The van der Waals surface area contributed by atoms with Gasteiger partial charge in [0.25, 0.3) is 0 Å². The Bertz CT molecular complexity index is 711. The predicted octanol–water partition coefficient (Wildman–Crippen LogP) is 3.77. The zero-order valence-corrected chi connectivity index (χ0v) is 15.7. The number of nitrogens with one attached hydrogen (secondary N) is 1. The number of likely N-dealkylation sites (tertiary alicyclic amines) is 1. The van der Waals surface area contributed by atoms with Gasteiger partial charge in [0.15, 0.2) is 0 Å². The predicted molar refractivity (Wildman–Crippen MR) is 104 cm³/mol. The van der Waals surface area contributed by atoms with Crippen LogP contribution in [0.15, 0.2) is 42.6 Å². The van der Waals surface area contributed by atoms with E-state index in [1.165, 1.54) is 11.8 Å². The fourth-order valence-electron chi connectivity index (χ4n) is 3.02. The van der Waals surface area contributed by atoms with Crippen LogP contribution in [-0.4, -0.2) is 42.0 Å². The maximum Gasteiger partial charge on any atom is 0.228 e. The molecule has 0 saturated carbocycles. The van der Waals surface area contributed by atoms with Gasteiger partial charge in [-0.3, -0.25) is 9.69 Å². The van der Waals surface area contributed by atoms with Crippen molar-refractivity contribution in [3.8, 4) is 5.75 Å². The molecule has 5 nitrogen and oxygen atoms in total. The molecule has 3 rings (SSSR count). The number of amides is 1. The van der Waals surface area contributed by atoms with E-state index in [0.29, 0.717) is 17.4 Å². The zero-order chi connectivity index (χ0) is 18.4. The maximum atomic E-state index is 12.4. The summed E-state index contributed by atoms with van der Waals surface area (Å²) in [4.78, 5) is 18.8. The number of carbonyl (C=O) groups is 1. The summed E-state index contributed by atoms with van der Waals surface area (Å²) >= 11 is 5.81. The molecule has 1 saturated heterocycles. The van der Waals surface area contributed by atoms with Crippen molar-refractivity contribution in [3.63, 3.8) is 0 Å². The van der Waals surface area contributed by atoms with Gasteiger partial charge in [0.2, 0.25) is 5.91 Å². The number of anilines is 1. The highest BCUT2D eigenvalue weighted by molar-refractivity contribution is 6.30. The van der Waals surface area contributed by atoms with E-state index in [-0.39, 0.29) is 11.8 Å². The van der Waals surface area contributed by atoms with Crippen LogP contribution in [0.1, 0.15) is 18.4 Å². The van der Waals surface area contributed by atoms with Crippen LogP contribution in [-0.2, 0) is 4.79 Å². The van der Waals surface area contributed by atoms with Crippen molar-refractivity contribution in [1.82, 2.24) is 9.88 Å². The number of aryl methyl sites for hydroxylation is 1. The van der Waals surface area contributed by atoms with Gasteiger partial charge in [-0.05, 0) is 57.1 Å². The molecule has 0 radical (unpaired) electrons. The molecule has 6 heteroatoms. The summed E-state index contributed by atoms with van der Waals surface area (Å²) < 4.78 is 5.79. The third-order valence-corrected chi connectivity index (χ3v) is 4.86. The standard InChI is InChI=1S/C20H24ClN3O2/c1-15-2-5-18(6-3-15)26-13-12-24-10-8-16(9-11-24)20(25)23-19-7-4-17(21)14-22-19/h2-7,14,16H,8-13H2,1H3,(H,22,23,25). The van der Waals surface area contributed by atoms with Crippen LogP contribution in [0.2, 0.25) is 5.02 Å². The Morgan fingerprint density at radius 2 is 1.96 bits per heavy atom. The highest BCUT2D eigenvalue weighted by Gasteiger charge is 2.25. The quantitative estimate of drug-likeness (QED) is 0.837. The molecule has 0 aliphatic carbocycles. The van der Waals surface area contributed by atoms with E-state index >= 15 is 0 Å². The molecular weight excluding hydrogens is 350 g/mol. The molecule has 1 aromatic carbocycles. The van der Waals surface area contributed by atoms with Crippen molar-refractivity contribution in [3.05, 3.63) is 53.2 Å². The van der Waals surface area contributed by atoms with E-state index in [1.54, 1.807) is 12.1 Å². The molecule has 1 N–H and O–H groups in total. The highest BCUT2D eigenvalue weighted by Crippen LogP contribution is 2.19. The number of aromatic nitrogens is 1. The van der Waals surface area contributed by atoms with E-state index in [4.69, 9.17) is 16.3 Å². The van der Waals surface area contributed by atoms with Gasteiger partial charge >= 0.3 is 0 Å². The summed E-state index contributed by atoms with van der Waals surface area (Å²) in [5.74, 6) is 1.52. The summed E-state index contributed by atoms with van der Waals surface area (Å²) in [5, 5.41) is 3.43. The third kappa shape index (κ3) is 5.44. The molecule has 1 aromatic heterocycles. The minimum absolute atomic E-state index is 0.0294. The Kier molecular flexibility index (Phi) is 6.47. The number of rotatable bonds is 6. The molecule has 0 unspecified atom stereocenters. The van der Waals surface area contributed by atoms with Crippen molar-refractivity contribution in [2.45, 2.75) is 19.8 Å². The Morgan fingerprint density at radius 3 is 2.62 bits per heavy atom. The first kappa shape index (κ1) is 18.7. The first-order valence-corrected chi connectivity index (χ1v) is 9.32. The summed E-state index contributed by atoms with van der Waals surface area (Å²) in [7, 11) is 0. The molecular formula is C20H24ClN3O2. The molecule has 1 fully saturated rings. The Labute approximate surface area is 159 Å². The fraction of sp³-hybridized carbons (Fsp3) is 0.400. The van der Waals surface area contributed by atoms with Gasteiger partial charge < -0.3 is 10.1 Å². The molecule has 0 atom stereocenters. The van der Waals surface area contributed by atoms with Crippen molar-refractivity contribution >= 4 is 23.3 Å². The van der Waals surface area contributed by atoms with Gasteiger partial charge in [-0.1, -0.05) is 29.3 Å². The molecule has 0 bridgehead atoms. The van der Waals surface area contributed by atoms with Gasteiger partial charge in [-0.15, -0.1) is 0 Å². The zero-order valence-electron chi connectivity index (χ0n) is 15.0. The summed E-state index contributed by atoms with van der Waals surface area (Å²) in [6.07, 6.45) is 3.24. The smallest absolute Gasteiger partial charge is 0.228 e. The minimum Gasteiger partial charge on any atom is -0.492 e. The van der Waals surface area contributed by atoms with Crippen LogP contribution in [0.3, 0.4) is 0 Å². The van der Waals surface area contributed by atoms with Gasteiger partial charge in [-0.25, -0.2) is 4.98 Å². The van der Waals surface area contributed by atoms with Gasteiger partial charge in [0.1, 0.15) is 18.2 Å². The number of pyridine rings is 1. The number of carbonyl (C=O) groups excluding carboxylic acids is 1. The van der Waals surface area contributed by atoms with Gasteiger partial charge in [0, 0.05) is 18.7 Å². The number of halogens is 1. The molecule has 1 aliphatic heterocycles. The van der Waals surface area contributed by atoms with E-state index in [0.717, 1.165) is 38.2 Å². The molecule has 138 valence electrons. The molecule has 1 aliphatic rings. The van der Waals surface area contributed by atoms with Crippen molar-refractivity contribution in [1.29, 1.82) is 0 Å². The monoisotopic (exact) mass is 373 g/mol. The number of piperidine rings is 1. The Hall–Kier alpha value is -2.11. The average Bonchev–Trinajstić information content (AvgIpc) is 2.66. The van der Waals surface area contributed by atoms with Crippen LogP contribution in [0.5, 0.6) is 5.75 Å². The van der Waals surface area contributed by atoms with E-state index < -0.39 is 0 Å². The Balaban J connectivity index is 1.37. The average molecular weight is 374 g/mol. The van der Waals surface area contributed by atoms with Crippen LogP contribution < -0.4 is 10.1 Å². The number of hydrogen-bond donors (Lipinski definition) is 1. The van der Waals surface area contributed by atoms with Gasteiger partial charge in [0.05, 0.1) is 5.02 Å². The van der Waals surface area contributed by atoms with Crippen LogP contribution in [0.4, 0.5) is 5.82 Å². The second-order valence-electron chi connectivity index (χ2n) is 6.63. The summed E-state index contributed by atoms with van der Waals surface area (Å²) in [6, 6.07) is 11.5. The lowest BCUT2D eigenvalue weighted by molar-refractivity contribution is -0.121. The lowest BCUT2D eigenvalue weighted by Crippen LogP contribution is -2.40. The number of ether oxygens (including phenoxy) is 1. The third-order valence-electron chi connectivity index (χ3n) is 4.63. The van der Waals surface area contributed by atoms with Crippen molar-refractivity contribution in [2.75, 3.05) is 31.6 Å². The molecule has 26 heavy (non-hydrogen) atoms. The van der Waals surface area contributed by atoms with Gasteiger partial charge in [-0.2, -0.15) is 0 Å². The molecule has 0 spiro atoms. The summed E-state index contributed by atoms with van der Waals surface area (Å²) in [6.45, 7) is 5.41. The van der Waals surface area contributed by atoms with E-state index in [9.17, 15) is 4.79 Å². The minimum atomic E-state index is 0.0294. The number of hydrogen-bond acceptors (Lipinski definition) is 4. The number of benzene rings is 1. The van der Waals surface area contributed by atoms with Crippen LogP contribution >= 0.6 is 11.6 Å². The van der Waals surface area contributed by atoms with E-state index in [2.05, 4.69) is 34.3 Å². The largest absolute Gasteiger partial charge is 0.492 e. The highest BCUT2D eigenvalue weighted by atomic mass is 35.5. The van der Waals surface area contributed by atoms with Crippen LogP contribution in [0, 0.1) is 12.8 Å². The van der Waals surface area contributed by atoms with Crippen LogP contribution in [0.25, 0.3) is 0 Å². The SMILES string of the molecule is Cc1ccc(OCCN2CCC(C(=O)Nc3ccc(Cl)cn3)CC2)cc1. The second kappa shape index (κ2) is 9.01. The molecule has 1 amide bonds.